The number of hydrogen-bond donors (Lipinski definition) is 1. The maximum absolute atomic E-state index is 13.9. The summed E-state index contributed by atoms with van der Waals surface area (Å²) in [6, 6.07) is 1.74. The van der Waals surface area contributed by atoms with Gasteiger partial charge in [0.25, 0.3) is 0 Å². The molecular weight excluding hydrogens is 266 g/mol. The minimum Gasteiger partial charge on any atom is -0.342 e. The molecule has 6 heteroatoms. The highest BCUT2D eigenvalue weighted by molar-refractivity contribution is 6.08. The van der Waals surface area contributed by atoms with Gasteiger partial charge in [-0.3, -0.25) is 14.5 Å². The summed E-state index contributed by atoms with van der Waals surface area (Å²) in [5.41, 5.74) is -0.447. The SMILES string of the molecule is CCC1NC(=O)C(CC)N(c2c(F)cccc2F)C1=O. The lowest BCUT2D eigenvalue weighted by Gasteiger charge is -2.38. The van der Waals surface area contributed by atoms with Crippen molar-refractivity contribution in [3.05, 3.63) is 29.8 Å². The van der Waals surface area contributed by atoms with Crippen molar-refractivity contribution in [1.82, 2.24) is 5.32 Å². The number of carbonyl (C=O) groups is 2. The molecule has 1 heterocycles. The first-order valence-corrected chi connectivity index (χ1v) is 6.58. The van der Waals surface area contributed by atoms with Crippen LogP contribution in [0.2, 0.25) is 0 Å². The molecule has 1 aliphatic heterocycles. The number of carbonyl (C=O) groups excluding carboxylic acids is 2. The summed E-state index contributed by atoms with van der Waals surface area (Å²) in [7, 11) is 0. The summed E-state index contributed by atoms with van der Waals surface area (Å²) in [5.74, 6) is -2.56. The Kier molecular flexibility index (Phi) is 4.01. The smallest absolute Gasteiger partial charge is 0.250 e. The summed E-state index contributed by atoms with van der Waals surface area (Å²) < 4.78 is 27.8. The minimum absolute atomic E-state index is 0.280. The first kappa shape index (κ1) is 14.4. The average molecular weight is 282 g/mol. The van der Waals surface area contributed by atoms with E-state index in [1.54, 1.807) is 13.8 Å². The molecule has 108 valence electrons. The molecule has 20 heavy (non-hydrogen) atoms. The summed E-state index contributed by atoms with van der Waals surface area (Å²) in [4.78, 5) is 25.3. The number of rotatable bonds is 3. The van der Waals surface area contributed by atoms with Gasteiger partial charge in [-0.25, -0.2) is 8.78 Å². The molecule has 0 bridgehead atoms. The van der Waals surface area contributed by atoms with Crippen LogP contribution in [0.15, 0.2) is 18.2 Å². The van der Waals surface area contributed by atoms with Gasteiger partial charge in [-0.2, -0.15) is 0 Å². The van der Waals surface area contributed by atoms with Crippen LogP contribution in [0.3, 0.4) is 0 Å². The van der Waals surface area contributed by atoms with Crippen molar-refractivity contribution in [3.63, 3.8) is 0 Å². The second kappa shape index (κ2) is 5.56. The molecule has 0 aliphatic carbocycles. The van der Waals surface area contributed by atoms with Gasteiger partial charge < -0.3 is 5.32 Å². The van der Waals surface area contributed by atoms with Crippen LogP contribution in [-0.4, -0.2) is 23.9 Å². The van der Waals surface area contributed by atoms with Crippen molar-refractivity contribution in [3.8, 4) is 0 Å². The van der Waals surface area contributed by atoms with Crippen LogP contribution < -0.4 is 10.2 Å². The van der Waals surface area contributed by atoms with Gasteiger partial charge in [-0.15, -0.1) is 0 Å². The van der Waals surface area contributed by atoms with Crippen LogP contribution in [-0.2, 0) is 9.59 Å². The zero-order chi connectivity index (χ0) is 14.9. The first-order chi connectivity index (χ1) is 9.51. The van der Waals surface area contributed by atoms with Crippen molar-refractivity contribution in [1.29, 1.82) is 0 Å². The average Bonchev–Trinajstić information content (AvgIpc) is 2.42. The van der Waals surface area contributed by atoms with E-state index < -0.39 is 35.3 Å². The summed E-state index contributed by atoms with van der Waals surface area (Å²) in [6.07, 6.45) is 0.648. The van der Waals surface area contributed by atoms with Gasteiger partial charge in [0.15, 0.2) is 0 Å². The zero-order valence-corrected chi connectivity index (χ0v) is 11.3. The maximum atomic E-state index is 13.9. The number of amides is 2. The first-order valence-electron chi connectivity index (χ1n) is 6.58. The lowest BCUT2D eigenvalue weighted by molar-refractivity contribution is -0.134. The quantitative estimate of drug-likeness (QED) is 0.921. The van der Waals surface area contributed by atoms with Gasteiger partial charge in [0, 0.05) is 0 Å². The van der Waals surface area contributed by atoms with E-state index in [2.05, 4.69) is 5.32 Å². The van der Waals surface area contributed by atoms with Gasteiger partial charge in [0.1, 0.15) is 29.4 Å². The molecule has 0 saturated carbocycles. The fourth-order valence-electron chi connectivity index (χ4n) is 2.40. The van der Waals surface area contributed by atoms with E-state index in [9.17, 15) is 18.4 Å². The number of anilines is 1. The third-order valence-corrected chi connectivity index (χ3v) is 3.44. The van der Waals surface area contributed by atoms with Crippen LogP contribution in [0.5, 0.6) is 0 Å². The monoisotopic (exact) mass is 282 g/mol. The number of nitrogens with zero attached hydrogens (tertiary/aromatic N) is 1. The third-order valence-electron chi connectivity index (χ3n) is 3.44. The topological polar surface area (TPSA) is 49.4 Å². The van der Waals surface area contributed by atoms with Crippen molar-refractivity contribution in [2.24, 2.45) is 0 Å². The lowest BCUT2D eigenvalue weighted by atomic mass is 10.0. The molecule has 2 atom stereocenters. The molecule has 0 radical (unpaired) electrons. The highest BCUT2D eigenvalue weighted by Gasteiger charge is 2.41. The van der Waals surface area contributed by atoms with Gasteiger partial charge >= 0.3 is 0 Å². The van der Waals surface area contributed by atoms with E-state index in [0.717, 1.165) is 17.0 Å². The largest absolute Gasteiger partial charge is 0.342 e. The molecule has 1 saturated heterocycles. The van der Waals surface area contributed by atoms with E-state index >= 15 is 0 Å². The predicted octanol–water partition coefficient (Wildman–Crippen LogP) is 1.98. The molecule has 2 amide bonds. The molecule has 4 nitrogen and oxygen atoms in total. The van der Waals surface area contributed by atoms with Gasteiger partial charge in [0.05, 0.1) is 0 Å². The molecule has 2 unspecified atom stereocenters. The second-order valence-electron chi connectivity index (χ2n) is 4.67. The standard InChI is InChI=1S/C14H16F2N2O2/c1-3-10-14(20)18(11(4-2)13(19)17-10)12-8(15)6-5-7-9(12)16/h5-7,10-11H,3-4H2,1-2H3,(H,17,19). The zero-order valence-electron chi connectivity index (χ0n) is 11.3. The second-order valence-corrected chi connectivity index (χ2v) is 4.67. The number of halogens is 2. The van der Waals surface area contributed by atoms with Gasteiger partial charge in [0.2, 0.25) is 11.8 Å². The molecule has 0 spiro atoms. The van der Waals surface area contributed by atoms with E-state index in [0.29, 0.717) is 6.42 Å². The minimum atomic E-state index is -0.892. The van der Waals surface area contributed by atoms with Gasteiger partial charge in [-0.1, -0.05) is 19.9 Å². The van der Waals surface area contributed by atoms with E-state index in [-0.39, 0.29) is 12.3 Å². The van der Waals surface area contributed by atoms with Crippen LogP contribution in [0.25, 0.3) is 0 Å². The van der Waals surface area contributed by atoms with Crippen LogP contribution >= 0.6 is 0 Å². The fraction of sp³-hybridized carbons (Fsp3) is 0.429. The summed E-state index contributed by atoms with van der Waals surface area (Å²) in [5, 5.41) is 2.58. The summed E-state index contributed by atoms with van der Waals surface area (Å²) in [6.45, 7) is 3.42. The van der Waals surface area contributed by atoms with Crippen molar-refractivity contribution >= 4 is 17.5 Å². The van der Waals surface area contributed by atoms with Crippen molar-refractivity contribution in [2.45, 2.75) is 38.8 Å². The van der Waals surface area contributed by atoms with Gasteiger partial charge in [-0.05, 0) is 25.0 Å². The Bertz CT molecular complexity index is 528. The number of nitrogens with one attached hydrogen (secondary N) is 1. The Labute approximate surface area is 115 Å². The van der Waals surface area contributed by atoms with E-state index in [4.69, 9.17) is 0 Å². The molecule has 0 aromatic heterocycles. The Morgan fingerprint density at radius 1 is 1.15 bits per heavy atom. The third kappa shape index (κ3) is 2.26. The molecule has 1 aromatic carbocycles. The Balaban J connectivity index is 2.54. The number of benzene rings is 1. The van der Waals surface area contributed by atoms with E-state index in [1.807, 2.05) is 0 Å². The Hall–Kier alpha value is -1.98. The van der Waals surface area contributed by atoms with E-state index in [1.165, 1.54) is 6.07 Å². The molecule has 1 aliphatic rings. The summed E-state index contributed by atoms with van der Waals surface area (Å²) >= 11 is 0. The molecule has 1 N–H and O–H groups in total. The van der Waals surface area contributed by atoms with Crippen molar-refractivity contribution in [2.75, 3.05) is 4.90 Å². The predicted molar refractivity (Wildman–Crippen MR) is 70.1 cm³/mol. The molecule has 2 rings (SSSR count). The Morgan fingerprint density at radius 3 is 2.25 bits per heavy atom. The number of piperazine rings is 1. The fourth-order valence-corrected chi connectivity index (χ4v) is 2.40. The maximum Gasteiger partial charge on any atom is 0.250 e. The number of hydrogen-bond acceptors (Lipinski definition) is 2. The number of para-hydroxylation sites is 1. The van der Waals surface area contributed by atoms with Crippen LogP contribution in [0.1, 0.15) is 26.7 Å². The van der Waals surface area contributed by atoms with Crippen LogP contribution in [0.4, 0.5) is 14.5 Å². The highest BCUT2D eigenvalue weighted by Crippen LogP contribution is 2.29. The normalized spacial score (nSPS) is 22.9. The molecular formula is C14H16F2N2O2. The lowest BCUT2D eigenvalue weighted by Crippen LogP contribution is -2.63. The molecule has 1 fully saturated rings. The highest BCUT2D eigenvalue weighted by atomic mass is 19.1. The van der Waals surface area contributed by atoms with Crippen LogP contribution in [0, 0.1) is 11.6 Å². The van der Waals surface area contributed by atoms with Crippen molar-refractivity contribution < 1.29 is 18.4 Å². The Morgan fingerprint density at radius 2 is 1.75 bits per heavy atom. The molecule has 1 aromatic rings.